The molecule has 21 heavy (non-hydrogen) atoms. The first-order valence-corrected chi connectivity index (χ1v) is 9.01. The smallest absolute Gasteiger partial charge is 0.149 e. The van der Waals surface area contributed by atoms with Gasteiger partial charge in [0.25, 0.3) is 0 Å². The van der Waals surface area contributed by atoms with Crippen molar-refractivity contribution in [2.75, 3.05) is 32.3 Å². The van der Waals surface area contributed by atoms with E-state index in [1.54, 1.807) is 7.11 Å². The van der Waals surface area contributed by atoms with Crippen LogP contribution >= 0.6 is 0 Å². The third-order valence-electron chi connectivity index (χ3n) is 3.37. The topological polar surface area (TPSA) is 60.3 Å². The van der Waals surface area contributed by atoms with Crippen LogP contribution in [-0.4, -0.2) is 45.3 Å². The fraction of sp³-hybridized carbons (Fsp3) is 0.467. The highest BCUT2D eigenvalue weighted by Crippen LogP contribution is 2.21. The number of aromatic nitrogens is 1. The predicted octanol–water partition coefficient (Wildman–Crippen LogP) is 1.42. The number of ether oxygens (including phenoxy) is 1. The van der Waals surface area contributed by atoms with E-state index in [1.807, 2.05) is 29.0 Å². The first-order chi connectivity index (χ1) is 10.0. The van der Waals surface area contributed by atoms with Crippen LogP contribution in [0.15, 0.2) is 30.5 Å². The van der Waals surface area contributed by atoms with Gasteiger partial charge in [-0.2, -0.15) is 0 Å². The lowest BCUT2D eigenvalue weighted by Crippen LogP contribution is -2.18. The van der Waals surface area contributed by atoms with Gasteiger partial charge in [0.05, 0.1) is 12.4 Å². The molecule has 0 atom stereocenters. The molecule has 0 fully saturated rings. The van der Waals surface area contributed by atoms with Crippen molar-refractivity contribution in [3.63, 3.8) is 0 Å². The number of sulfone groups is 1. The highest BCUT2D eigenvalue weighted by atomic mass is 32.2. The Morgan fingerprint density at radius 3 is 2.76 bits per heavy atom. The molecule has 0 aliphatic rings. The van der Waals surface area contributed by atoms with Crippen molar-refractivity contribution < 1.29 is 13.2 Å². The van der Waals surface area contributed by atoms with Crippen molar-refractivity contribution in [3.8, 4) is 0 Å². The molecule has 2 rings (SSSR count). The quantitative estimate of drug-likeness (QED) is 0.749. The van der Waals surface area contributed by atoms with Gasteiger partial charge >= 0.3 is 0 Å². The van der Waals surface area contributed by atoms with E-state index in [0.717, 1.165) is 24.0 Å². The fourth-order valence-electron chi connectivity index (χ4n) is 2.31. The predicted molar refractivity (Wildman–Crippen MR) is 85.2 cm³/mol. The van der Waals surface area contributed by atoms with E-state index in [9.17, 15) is 8.42 Å². The number of fused-ring (bicyclic) bond motifs is 1. The molecule has 0 aliphatic heterocycles. The lowest BCUT2D eigenvalue weighted by Gasteiger charge is -2.03. The van der Waals surface area contributed by atoms with Crippen LogP contribution in [0.25, 0.3) is 10.9 Å². The first kappa shape index (κ1) is 16.0. The Labute approximate surface area is 125 Å². The Kier molecular flexibility index (Phi) is 5.39. The average molecular weight is 310 g/mol. The summed E-state index contributed by atoms with van der Waals surface area (Å²) in [5.74, 6) is 0.155. The molecule has 0 unspecified atom stereocenters. The van der Waals surface area contributed by atoms with Crippen LogP contribution in [-0.2, 0) is 27.7 Å². The van der Waals surface area contributed by atoms with Gasteiger partial charge in [0, 0.05) is 50.1 Å². The van der Waals surface area contributed by atoms with Crippen LogP contribution in [0.3, 0.4) is 0 Å². The normalized spacial score (nSPS) is 12.1. The molecule has 0 spiro atoms. The zero-order valence-electron chi connectivity index (χ0n) is 12.5. The molecule has 0 saturated heterocycles. The summed E-state index contributed by atoms with van der Waals surface area (Å²) in [6.45, 7) is 2.69. The zero-order chi connectivity index (χ0) is 15.3. The van der Waals surface area contributed by atoms with Crippen LogP contribution in [0.4, 0.5) is 0 Å². The highest BCUT2D eigenvalue weighted by molar-refractivity contribution is 7.90. The first-order valence-electron chi connectivity index (χ1n) is 6.95. The number of para-hydroxylation sites is 1. The van der Waals surface area contributed by atoms with E-state index in [2.05, 4.69) is 11.4 Å². The van der Waals surface area contributed by atoms with E-state index in [1.165, 1.54) is 11.8 Å². The van der Waals surface area contributed by atoms with Gasteiger partial charge in [-0.15, -0.1) is 0 Å². The Bertz CT molecular complexity index is 692. The molecular weight excluding hydrogens is 288 g/mol. The van der Waals surface area contributed by atoms with Gasteiger partial charge in [-0.1, -0.05) is 18.2 Å². The second-order valence-corrected chi connectivity index (χ2v) is 7.42. The Balaban J connectivity index is 2.18. The number of nitrogens with zero attached hydrogens (tertiary/aromatic N) is 1. The summed E-state index contributed by atoms with van der Waals surface area (Å²) < 4.78 is 29.7. The van der Waals surface area contributed by atoms with E-state index in [-0.39, 0.29) is 5.75 Å². The molecule has 0 radical (unpaired) electrons. The largest absolute Gasteiger partial charge is 0.383 e. The van der Waals surface area contributed by atoms with Gasteiger partial charge in [0.15, 0.2) is 0 Å². The number of benzene rings is 1. The summed E-state index contributed by atoms with van der Waals surface area (Å²) in [6.07, 6.45) is 3.31. The van der Waals surface area contributed by atoms with E-state index in [0.29, 0.717) is 13.2 Å². The SMILES string of the molecule is COCCNCc1cn(CCS(C)(=O)=O)c2ccccc12. The summed E-state index contributed by atoms with van der Waals surface area (Å²) in [5, 5.41) is 4.49. The average Bonchev–Trinajstić information content (AvgIpc) is 2.79. The van der Waals surface area contributed by atoms with E-state index >= 15 is 0 Å². The molecule has 2 aromatic rings. The number of methoxy groups -OCH3 is 1. The van der Waals surface area contributed by atoms with Crippen LogP contribution < -0.4 is 5.32 Å². The number of aryl methyl sites for hydroxylation is 1. The van der Waals surface area contributed by atoms with Gasteiger partial charge in [-0.3, -0.25) is 0 Å². The molecule has 1 N–H and O–H groups in total. The Morgan fingerprint density at radius 2 is 2.05 bits per heavy atom. The van der Waals surface area contributed by atoms with E-state index < -0.39 is 9.84 Å². The minimum Gasteiger partial charge on any atom is -0.383 e. The van der Waals surface area contributed by atoms with Crippen molar-refractivity contribution in [1.82, 2.24) is 9.88 Å². The van der Waals surface area contributed by atoms with Gasteiger partial charge in [0.2, 0.25) is 0 Å². The summed E-state index contributed by atoms with van der Waals surface area (Å²) in [5.41, 5.74) is 2.25. The molecule has 0 saturated carbocycles. The van der Waals surface area contributed by atoms with E-state index in [4.69, 9.17) is 4.74 Å². The maximum Gasteiger partial charge on any atom is 0.149 e. The molecule has 0 amide bonds. The monoisotopic (exact) mass is 310 g/mol. The summed E-state index contributed by atoms with van der Waals surface area (Å²) >= 11 is 0. The van der Waals surface area contributed by atoms with Crippen molar-refractivity contribution in [3.05, 3.63) is 36.0 Å². The molecular formula is C15H22N2O3S. The van der Waals surface area contributed by atoms with Crippen LogP contribution in [0.1, 0.15) is 5.56 Å². The zero-order valence-corrected chi connectivity index (χ0v) is 13.3. The van der Waals surface area contributed by atoms with Crippen molar-refractivity contribution in [1.29, 1.82) is 0 Å². The minimum absolute atomic E-state index is 0.155. The Morgan fingerprint density at radius 1 is 1.29 bits per heavy atom. The third-order valence-corrected chi connectivity index (χ3v) is 4.30. The molecule has 5 nitrogen and oxygen atoms in total. The van der Waals surface area contributed by atoms with Crippen molar-refractivity contribution >= 4 is 20.7 Å². The minimum atomic E-state index is -2.96. The van der Waals surface area contributed by atoms with Crippen LogP contribution in [0, 0.1) is 0 Å². The molecule has 0 aliphatic carbocycles. The lowest BCUT2D eigenvalue weighted by molar-refractivity contribution is 0.199. The van der Waals surface area contributed by atoms with Crippen LogP contribution in [0.2, 0.25) is 0 Å². The Hall–Kier alpha value is -1.37. The highest BCUT2D eigenvalue weighted by Gasteiger charge is 2.09. The molecule has 1 aromatic heterocycles. The maximum atomic E-state index is 11.4. The number of nitrogens with one attached hydrogen (secondary N) is 1. The van der Waals surface area contributed by atoms with Gasteiger partial charge in [-0.25, -0.2) is 8.42 Å². The fourth-order valence-corrected chi connectivity index (χ4v) is 2.84. The number of rotatable bonds is 8. The molecule has 116 valence electrons. The maximum absolute atomic E-state index is 11.4. The molecule has 1 heterocycles. The van der Waals surface area contributed by atoms with Crippen LogP contribution in [0.5, 0.6) is 0 Å². The second-order valence-electron chi connectivity index (χ2n) is 5.16. The lowest BCUT2D eigenvalue weighted by atomic mass is 10.2. The number of hydrogen-bond donors (Lipinski definition) is 1. The number of hydrogen-bond acceptors (Lipinski definition) is 4. The van der Waals surface area contributed by atoms with Gasteiger partial charge in [0.1, 0.15) is 9.84 Å². The standard InChI is InChI=1S/C15H22N2O3S/c1-20-9-7-16-11-13-12-17(8-10-21(2,18)19)15-6-4-3-5-14(13)15/h3-6,12,16H,7-11H2,1-2H3. The van der Waals surface area contributed by atoms with Gasteiger partial charge in [-0.05, 0) is 11.6 Å². The summed E-state index contributed by atoms with van der Waals surface area (Å²) in [7, 11) is -1.28. The second kappa shape index (κ2) is 7.06. The van der Waals surface area contributed by atoms with Crippen molar-refractivity contribution in [2.45, 2.75) is 13.1 Å². The third kappa shape index (κ3) is 4.56. The summed E-state index contributed by atoms with van der Waals surface area (Å²) in [6, 6.07) is 8.07. The summed E-state index contributed by atoms with van der Waals surface area (Å²) in [4.78, 5) is 0. The van der Waals surface area contributed by atoms with Crippen molar-refractivity contribution in [2.24, 2.45) is 0 Å². The molecule has 0 bridgehead atoms. The molecule has 1 aromatic carbocycles. The van der Waals surface area contributed by atoms with Gasteiger partial charge < -0.3 is 14.6 Å². The molecule has 6 heteroatoms.